The van der Waals surface area contributed by atoms with Gasteiger partial charge in [-0.05, 0) is 6.07 Å². The first-order valence-electron chi connectivity index (χ1n) is 7.48. The number of aromatic nitrogens is 5. The molecule has 6 nitrogen and oxygen atoms in total. The van der Waals surface area contributed by atoms with Crippen molar-refractivity contribution in [2.75, 3.05) is 0 Å². The van der Waals surface area contributed by atoms with E-state index in [1.54, 1.807) is 28.5 Å². The Morgan fingerprint density at radius 2 is 2.13 bits per heavy atom. The Bertz CT molecular complexity index is 757. The van der Waals surface area contributed by atoms with Crippen molar-refractivity contribution in [2.45, 2.75) is 39.3 Å². The molecule has 1 N–H and O–H groups in total. The SMILES string of the molecule is CC(C)(C)c1nc(CNCc2cccnc2-n2cncn2)cs1. The Kier molecular flexibility index (Phi) is 4.49. The van der Waals surface area contributed by atoms with Crippen LogP contribution < -0.4 is 5.32 Å². The summed E-state index contributed by atoms with van der Waals surface area (Å²) in [6.07, 6.45) is 4.92. The molecule has 0 aliphatic heterocycles. The summed E-state index contributed by atoms with van der Waals surface area (Å²) in [5, 5.41) is 10.9. The molecular formula is C16H20N6S. The van der Waals surface area contributed by atoms with E-state index in [1.165, 1.54) is 11.3 Å². The van der Waals surface area contributed by atoms with Crippen LogP contribution in [0, 0.1) is 0 Å². The van der Waals surface area contributed by atoms with Crippen LogP contribution in [0.4, 0.5) is 0 Å². The van der Waals surface area contributed by atoms with Crippen molar-refractivity contribution >= 4 is 11.3 Å². The summed E-state index contributed by atoms with van der Waals surface area (Å²) < 4.78 is 1.68. The number of hydrogen-bond donors (Lipinski definition) is 1. The molecule has 3 aromatic rings. The van der Waals surface area contributed by atoms with Gasteiger partial charge in [-0.3, -0.25) is 0 Å². The van der Waals surface area contributed by atoms with Gasteiger partial charge in [-0.1, -0.05) is 26.8 Å². The van der Waals surface area contributed by atoms with Gasteiger partial charge in [0.05, 0.1) is 10.7 Å². The average molecular weight is 328 g/mol. The van der Waals surface area contributed by atoms with E-state index in [2.05, 4.69) is 46.5 Å². The Labute approximate surface area is 139 Å². The van der Waals surface area contributed by atoms with E-state index in [1.807, 2.05) is 12.1 Å². The first-order chi connectivity index (χ1) is 11.0. The van der Waals surface area contributed by atoms with E-state index in [0.29, 0.717) is 6.54 Å². The molecule has 0 aliphatic carbocycles. The van der Waals surface area contributed by atoms with E-state index in [9.17, 15) is 0 Å². The minimum absolute atomic E-state index is 0.104. The fourth-order valence-electron chi connectivity index (χ4n) is 2.15. The Morgan fingerprint density at radius 3 is 2.83 bits per heavy atom. The second-order valence-corrected chi connectivity index (χ2v) is 7.18. The topological polar surface area (TPSA) is 68.5 Å². The van der Waals surface area contributed by atoms with Gasteiger partial charge in [0.1, 0.15) is 12.7 Å². The van der Waals surface area contributed by atoms with Gasteiger partial charge in [0.2, 0.25) is 0 Å². The maximum absolute atomic E-state index is 4.70. The minimum Gasteiger partial charge on any atom is -0.307 e. The standard InChI is InChI=1S/C16H20N6S/c1-16(2,3)15-21-13(9-23-15)8-17-7-12-5-4-6-19-14(12)22-11-18-10-20-22/h4-6,9-11,17H,7-8H2,1-3H3. The fourth-order valence-corrected chi connectivity index (χ4v) is 3.06. The van der Waals surface area contributed by atoms with Crippen molar-refractivity contribution in [3.05, 3.63) is 52.6 Å². The number of nitrogens with zero attached hydrogens (tertiary/aromatic N) is 5. The lowest BCUT2D eigenvalue weighted by Gasteiger charge is -2.13. The second-order valence-electron chi connectivity index (χ2n) is 6.32. The predicted octanol–water partition coefficient (Wildman–Crippen LogP) is 2.71. The molecule has 3 aromatic heterocycles. The molecule has 0 aliphatic rings. The first-order valence-corrected chi connectivity index (χ1v) is 8.36. The Morgan fingerprint density at radius 1 is 1.26 bits per heavy atom. The highest BCUT2D eigenvalue weighted by Crippen LogP contribution is 2.25. The van der Waals surface area contributed by atoms with E-state index >= 15 is 0 Å². The molecule has 7 heteroatoms. The maximum Gasteiger partial charge on any atom is 0.159 e. The summed E-state index contributed by atoms with van der Waals surface area (Å²) in [7, 11) is 0. The van der Waals surface area contributed by atoms with E-state index in [0.717, 1.165) is 23.6 Å². The lowest BCUT2D eigenvalue weighted by atomic mass is 9.98. The van der Waals surface area contributed by atoms with Crippen LogP contribution in [0.3, 0.4) is 0 Å². The molecule has 0 radical (unpaired) electrons. The van der Waals surface area contributed by atoms with Gasteiger partial charge in [0, 0.05) is 35.6 Å². The molecule has 0 saturated heterocycles. The van der Waals surface area contributed by atoms with Gasteiger partial charge in [-0.25, -0.2) is 19.6 Å². The van der Waals surface area contributed by atoms with Crippen LogP contribution in [0.5, 0.6) is 0 Å². The molecule has 0 spiro atoms. The van der Waals surface area contributed by atoms with Crippen LogP contribution in [-0.2, 0) is 18.5 Å². The Balaban J connectivity index is 1.65. The first kappa shape index (κ1) is 15.8. The summed E-state index contributed by atoms with van der Waals surface area (Å²) in [4.78, 5) is 13.1. The predicted molar refractivity (Wildman–Crippen MR) is 90.5 cm³/mol. The molecule has 0 atom stereocenters. The third kappa shape index (κ3) is 3.80. The second kappa shape index (κ2) is 6.55. The molecule has 0 aromatic carbocycles. The van der Waals surface area contributed by atoms with Gasteiger partial charge < -0.3 is 5.32 Å². The normalized spacial score (nSPS) is 11.8. The molecule has 0 saturated carbocycles. The summed E-state index contributed by atoms with van der Waals surface area (Å²) >= 11 is 1.72. The molecule has 120 valence electrons. The third-order valence-corrected chi connectivity index (χ3v) is 4.64. The quantitative estimate of drug-likeness (QED) is 0.780. The van der Waals surface area contributed by atoms with Crippen molar-refractivity contribution in [1.29, 1.82) is 0 Å². The zero-order chi connectivity index (χ0) is 16.3. The van der Waals surface area contributed by atoms with Crippen LogP contribution >= 0.6 is 11.3 Å². The van der Waals surface area contributed by atoms with Crippen molar-refractivity contribution in [2.24, 2.45) is 0 Å². The number of thiazole rings is 1. The molecular weight excluding hydrogens is 308 g/mol. The van der Waals surface area contributed by atoms with Crippen molar-refractivity contribution in [1.82, 2.24) is 30.0 Å². The van der Waals surface area contributed by atoms with Gasteiger partial charge in [-0.2, -0.15) is 5.10 Å². The maximum atomic E-state index is 4.70. The molecule has 0 amide bonds. The van der Waals surface area contributed by atoms with Crippen LogP contribution in [0.1, 0.15) is 37.0 Å². The summed E-state index contributed by atoms with van der Waals surface area (Å²) in [5.41, 5.74) is 2.25. The monoisotopic (exact) mass is 328 g/mol. The van der Waals surface area contributed by atoms with E-state index < -0.39 is 0 Å². The highest BCUT2D eigenvalue weighted by molar-refractivity contribution is 7.09. The number of hydrogen-bond acceptors (Lipinski definition) is 6. The molecule has 3 heterocycles. The molecule has 0 fully saturated rings. The van der Waals surface area contributed by atoms with Crippen LogP contribution in [0.25, 0.3) is 5.82 Å². The van der Waals surface area contributed by atoms with Gasteiger partial charge in [0.15, 0.2) is 5.82 Å². The average Bonchev–Trinajstić information content (AvgIpc) is 3.19. The molecule has 23 heavy (non-hydrogen) atoms. The van der Waals surface area contributed by atoms with Gasteiger partial charge in [-0.15, -0.1) is 11.3 Å². The molecule has 0 bridgehead atoms. The third-order valence-electron chi connectivity index (χ3n) is 3.32. The summed E-state index contributed by atoms with van der Waals surface area (Å²) in [6, 6.07) is 3.97. The minimum atomic E-state index is 0.104. The highest BCUT2D eigenvalue weighted by Gasteiger charge is 2.17. The summed E-state index contributed by atoms with van der Waals surface area (Å²) in [5.74, 6) is 0.797. The fraction of sp³-hybridized carbons (Fsp3) is 0.375. The molecule has 0 unspecified atom stereocenters. The largest absolute Gasteiger partial charge is 0.307 e. The zero-order valence-electron chi connectivity index (χ0n) is 13.5. The van der Waals surface area contributed by atoms with Crippen LogP contribution in [0.2, 0.25) is 0 Å². The van der Waals surface area contributed by atoms with E-state index in [4.69, 9.17) is 4.98 Å². The molecule has 3 rings (SSSR count). The zero-order valence-corrected chi connectivity index (χ0v) is 14.3. The van der Waals surface area contributed by atoms with Gasteiger partial charge >= 0.3 is 0 Å². The Hall–Kier alpha value is -2.12. The van der Waals surface area contributed by atoms with Crippen LogP contribution in [0.15, 0.2) is 36.4 Å². The number of pyridine rings is 1. The highest BCUT2D eigenvalue weighted by atomic mass is 32.1. The van der Waals surface area contributed by atoms with E-state index in [-0.39, 0.29) is 5.41 Å². The summed E-state index contributed by atoms with van der Waals surface area (Å²) in [6.45, 7) is 7.99. The number of rotatable bonds is 5. The smallest absolute Gasteiger partial charge is 0.159 e. The lowest BCUT2D eigenvalue weighted by molar-refractivity contribution is 0.579. The van der Waals surface area contributed by atoms with Gasteiger partial charge in [0.25, 0.3) is 0 Å². The lowest BCUT2D eigenvalue weighted by Crippen LogP contribution is -2.16. The van der Waals surface area contributed by atoms with Crippen molar-refractivity contribution in [3.63, 3.8) is 0 Å². The van der Waals surface area contributed by atoms with Crippen molar-refractivity contribution < 1.29 is 0 Å². The van der Waals surface area contributed by atoms with Crippen molar-refractivity contribution in [3.8, 4) is 5.82 Å². The number of nitrogens with one attached hydrogen (secondary N) is 1. The van der Waals surface area contributed by atoms with Crippen LogP contribution in [-0.4, -0.2) is 24.7 Å².